The van der Waals surface area contributed by atoms with Gasteiger partial charge in [-0.05, 0) is 28.9 Å². The van der Waals surface area contributed by atoms with E-state index in [1.165, 1.54) is 6.92 Å². The third-order valence-corrected chi connectivity index (χ3v) is 5.86. The van der Waals surface area contributed by atoms with Crippen molar-refractivity contribution in [1.82, 2.24) is 4.98 Å². The lowest BCUT2D eigenvalue weighted by Crippen LogP contribution is -2.14. The maximum Gasteiger partial charge on any atom is 0.306 e. The van der Waals surface area contributed by atoms with Gasteiger partial charge >= 0.3 is 4.87 Å². The number of hydrogen-bond acceptors (Lipinski definition) is 4. The summed E-state index contributed by atoms with van der Waals surface area (Å²) in [5, 5.41) is 0. The standard InChI is InChI=1S/C10H7BrF2N2O3S2/c1-4-9(19-10(16)14-4)20(17,18)15-8-3-6(12)5(11)2-7(8)13/h2-3,15H,1H3,(H,14,16). The van der Waals surface area contributed by atoms with Gasteiger partial charge in [0.15, 0.2) is 4.21 Å². The maximum absolute atomic E-state index is 13.6. The summed E-state index contributed by atoms with van der Waals surface area (Å²) in [7, 11) is -4.16. The van der Waals surface area contributed by atoms with Crippen molar-refractivity contribution in [3.8, 4) is 0 Å². The average Bonchev–Trinajstić information content (AvgIpc) is 2.66. The molecule has 0 saturated heterocycles. The molecule has 0 aliphatic carbocycles. The van der Waals surface area contributed by atoms with Crippen molar-refractivity contribution < 1.29 is 17.2 Å². The zero-order chi connectivity index (χ0) is 15.1. The normalized spacial score (nSPS) is 11.6. The molecule has 5 nitrogen and oxygen atoms in total. The number of aromatic amines is 1. The summed E-state index contributed by atoms with van der Waals surface area (Å²) in [5.41, 5.74) is -0.406. The molecule has 2 N–H and O–H groups in total. The Hall–Kier alpha value is -1.26. The molecule has 0 radical (unpaired) electrons. The second kappa shape index (κ2) is 5.26. The Balaban J connectivity index is 2.46. The molecule has 0 fully saturated rings. The molecular weight excluding hydrogens is 378 g/mol. The molecule has 1 aromatic heterocycles. The molecule has 1 heterocycles. The van der Waals surface area contributed by atoms with Crippen molar-refractivity contribution in [2.24, 2.45) is 0 Å². The second-order valence-corrected chi connectivity index (χ2v) is 7.49. The minimum absolute atomic E-state index is 0.125. The van der Waals surface area contributed by atoms with E-state index in [1.807, 2.05) is 4.72 Å². The predicted octanol–water partition coefficient (Wildman–Crippen LogP) is 2.59. The molecule has 0 aliphatic heterocycles. The molecule has 10 heteroatoms. The first-order valence-electron chi connectivity index (χ1n) is 5.08. The first-order chi connectivity index (χ1) is 9.20. The zero-order valence-electron chi connectivity index (χ0n) is 9.83. The van der Waals surface area contributed by atoms with Crippen LogP contribution in [0.5, 0.6) is 0 Å². The third kappa shape index (κ3) is 2.91. The van der Waals surface area contributed by atoms with Gasteiger partial charge in [0.2, 0.25) is 0 Å². The van der Waals surface area contributed by atoms with Crippen LogP contribution < -0.4 is 9.60 Å². The predicted molar refractivity (Wildman–Crippen MR) is 74.5 cm³/mol. The highest BCUT2D eigenvalue weighted by Gasteiger charge is 2.22. The van der Waals surface area contributed by atoms with Gasteiger partial charge < -0.3 is 4.98 Å². The van der Waals surface area contributed by atoms with Gasteiger partial charge in [0.1, 0.15) is 11.6 Å². The van der Waals surface area contributed by atoms with Gasteiger partial charge in [0, 0.05) is 11.8 Å². The van der Waals surface area contributed by atoms with E-state index >= 15 is 0 Å². The minimum atomic E-state index is -4.16. The number of H-pyrrole nitrogens is 1. The number of benzene rings is 1. The Morgan fingerprint density at radius 3 is 2.50 bits per heavy atom. The number of thiazole rings is 1. The Labute approximate surface area is 124 Å². The smallest absolute Gasteiger partial charge is 0.306 e. The van der Waals surface area contributed by atoms with E-state index in [9.17, 15) is 22.0 Å². The van der Waals surface area contributed by atoms with E-state index in [0.717, 1.165) is 6.07 Å². The molecule has 20 heavy (non-hydrogen) atoms. The van der Waals surface area contributed by atoms with Crippen LogP contribution in [0.1, 0.15) is 5.69 Å². The summed E-state index contributed by atoms with van der Waals surface area (Å²) in [6, 6.07) is 1.52. The van der Waals surface area contributed by atoms with Crippen molar-refractivity contribution in [2.75, 3.05) is 4.72 Å². The van der Waals surface area contributed by atoms with Gasteiger partial charge in [-0.25, -0.2) is 17.2 Å². The molecular formula is C10H7BrF2N2O3S2. The quantitative estimate of drug-likeness (QED) is 0.798. The number of halogens is 3. The van der Waals surface area contributed by atoms with Crippen LogP contribution in [0.4, 0.5) is 14.5 Å². The SMILES string of the molecule is Cc1[nH]c(=O)sc1S(=O)(=O)Nc1cc(F)c(Br)cc1F. The van der Waals surface area contributed by atoms with E-state index in [1.54, 1.807) is 0 Å². The average molecular weight is 385 g/mol. The molecule has 0 saturated carbocycles. The fraction of sp³-hybridized carbons (Fsp3) is 0.100. The van der Waals surface area contributed by atoms with Crippen molar-refractivity contribution in [2.45, 2.75) is 11.1 Å². The van der Waals surface area contributed by atoms with Gasteiger partial charge in [-0.1, -0.05) is 11.3 Å². The van der Waals surface area contributed by atoms with E-state index in [2.05, 4.69) is 20.9 Å². The van der Waals surface area contributed by atoms with Crippen molar-refractivity contribution >= 4 is 43.0 Å². The molecule has 0 spiro atoms. The van der Waals surface area contributed by atoms with Gasteiger partial charge in [-0.3, -0.25) is 9.52 Å². The minimum Gasteiger partial charge on any atom is -0.315 e. The lowest BCUT2D eigenvalue weighted by molar-refractivity contribution is 0.592. The summed E-state index contributed by atoms with van der Waals surface area (Å²) in [6.45, 7) is 1.39. The van der Waals surface area contributed by atoms with Crippen LogP contribution >= 0.6 is 27.3 Å². The highest BCUT2D eigenvalue weighted by atomic mass is 79.9. The van der Waals surface area contributed by atoms with Gasteiger partial charge in [0.25, 0.3) is 10.0 Å². The van der Waals surface area contributed by atoms with Gasteiger partial charge in [-0.15, -0.1) is 0 Å². The van der Waals surface area contributed by atoms with E-state index < -0.39 is 32.2 Å². The van der Waals surface area contributed by atoms with Crippen molar-refractivity contribution in [1.29, 1.82) is 0 Å². The Bertz CT molecular complexity index is 830. The number of sulfonamides is 1. The van der Waals surface area contributed by atoms with Crippen LogP contribution in [-0.2, 0) is 10.0 Å². The molecule has 2 rings (SSSR count). The first-order valence-corrected chi connectivity index (χ1v) is 8.17. The van der Waals surface area contributed by atoms with E-state index in [-0.39, 0.29) is 14.4 Å². The topological polar surface area (TPSA) is 79.0 Å². The van der Waals surface area contributed by atoms with E-state index in [0.29, 0.717) is 17.4 Å². The van der Waals surface area contributed by atoms with Crippen molar-refractivity contribution in [3.63, 3.8) is 0 Å². The molecule has 0 amide bonds. The van der Waals surface area contributed by atoms with Crippen LogP contribution in [0.15, 0.2) is 25.6 Å². The third-order valence-electron chi connectivity index (χ3n) is 2.28. The van der Waals surface area contributed by atoms with Gasteiger partial charge in [0.05, 0.1) is 10.2 Å². The monoisotopic (exact) mass is 384 g/mol. The first kappa shape index (κ1) is 15.1. The highest BCUT2D eigenvalue weighted by Crippen LogP contribution is 2.26. The summed E-state index contributed by atoms with van der Waals surface area (Å²) in [5.74, 6) is -1.76. The lowest BCUT2D eigenvalue weighted by Gasteiger charge is -2.08. The fourth-order valence-electron chi connectivity index (χ4n) is 1.44. The largest absolute Gasteiger partial charge is 0.315 e. The summed E-state index contributed by atoms with van der Waals surface area (Å²) in [6.07, 6.45) is 0. The van der Waals surface area contributed by atoms with Crippen molar-refractivity contribution in [3.05, 3.63) is 43.6 Å². The number of aromatic nitrogens is 1. The Morgan fingerprint density at radius 1 is 1.30 bits per heavy atom. The molecule has 1 aromatic carbocycles. The van der Waals surface area contributed by atoms with Crippen LogP contribution in [-0.4, -0.2) is 13.4 Å². The fourth-order valence-corrected chi connectivity index (χ4v) is 4.11. The summed E-state index contributed by atoms with van der Waals surface area (Å²) in [4.78, 5) is 12.9. The lowest BCUT2D eigenvalue weighted by atomic mass is 10.3. The summed E-state index contributed by atoms with van der Waals surface area (Å²) >= 11 is 3.25. The number of nitrogens with one attached hydrogen (secondary N) is 2. The molecule has 0 atom stereocenters. The van der Waals surface area contributed by atoms with Crippen LogP contribution in [0, 0.1) is 18.6 Å². The number of anilines is 1. The molecule has 0 aliphatic rings. The molecule has 0 bridgehead atoms. The maximum atomic E-state index is 13.6. The van der Waals surface area contributed by atoms with Crippen LogP contribution in [0.3, 0.4) is 0 Å². The van der Waals surface area contributed by atoms with Gasteiger partial charge in [-0.2, -0.15) is 0 Å². The number of aryl methyl sites for hydroxylation is 1. The van der Waals surface area contributed by atoms with Crippen LogP contribution in [0.25, 0.3) is 0 Å². The number of rotatable bonds is 3. The molecule has 2 aromatic rings. The van der Waals surface area contributed by atoms with E-state index in [4.69, 9.17) is 0 Å². The highest BCUT2D eigenvalue weighted by molar-refractivity contribution is 9.10. The van der Waals surface area contributed by atoms with Crippen LogP contribution in [0.2, 0.25) is 0 Å². The Morgan fingerprint density at radius 2 is 1.95 bits per heavy atom. The zero-order valence-corrected chi connectivity index (χ0v) is 13.0. The molecule has 108 valence electrons. The number of hydrogen-bond donors (Lipinski definition) is 2. The second-order valence-electron chi connectivity index (χ2n) is 3.78. The molecule has 0 unspecified atom stereocenters. The summed E-state index contributed by atoms with van der Waals surface area (Å²) < 4.78 is 52.5. The Kier molecular flexibility index (Phi) is 3.98.